The van der Waals surface area contributed by atoms with E-state index in [1.807, 2.05) is 36.4 Å². The Morgan fingerprint density at radius 3 is 2.14 bits per heavy atom. The molecule has 5 aromatic rings. The average molecular weight is 801 g/mol. The first-order valence-corrected chi connectivity index (χ1v) is 19.0. The number of benzene rings is 4. The molecule has 1 unspecified atom stereocenters. The second kappa shape index (κ2) is 17.2. The van der Waals surface area contributed by atoms with Gasteiger partial charge in [0.25, 0.3) is 0 Å². The zero-order valence-electron chi connectivity index (χ0n) is 30.8. The van der Waals surface area contributed by atoms with Crippen LogP contribution in [0.25, 0.3) is 11.1 Å². The Balaban J connectivity index is 1.06. The van der Waals surface area contributed by atoms with Crippen LogP contribution in [0.4, 0.5) is 14.9 Å². The van der Waals surface area contributed by atoms with Crippen molar-refractivity contribution in [3.8, 4) is 22.6 Å². The van der Waals surface area contributed by atoms with E-state index in [4.69, 9.17) is 42.1 Å². The first-order valence-electron chi connectivity index (χ1n) is 18.2. The van der Waals surface area contributed by atoms with Crippen molar-refractivity contribution in [1.82, 2.24) is 4.90 Å². The molecule has 290 valence electrons. The molecule has 4 aromatic carbocycles. The van der Waals surface area contributed by atoms with E-state index in [9.17, 15) is 14.8 Å². The number of hydrogen-bond acceptors (Lipinski definition) is 8. The summed E-state index contributed by atoms with van der Waals surface area (Å²) in [5.41, 5.74) is 3.99. The number of para-hydroxylation sites is 1. The maximum Gasteiger partial charge on any atom is 0.415 e. The molecule has 13 heteroatoms. The number of anilines is 1. The molecule has 0 spiro atoms. The number of rotatable bonds is 12. The van der Waals surface area contributed by atoms with Gasteiger partial charge in [0.05, 0.1) is 32.0 Å². The van der Waals surface area contributed by atoms with Crippen molar-refractivity contribution in [1.29, 1.82) is 0 Å². The molecule has 3 fully saturated rings. The van der Waals surface area contributed by atoms with Gasteiger partial charge in [0.15, 0.2) is 23.9 Å². The van der Waals surface area contributed by atoms with E-state index in [0.717, 1.165) is 42.6 Å². The van der Waals surface area contributed by atoms with Gasteiger partial charge in [-0.25, -0.2) is 14.0 Å². The average Bonchev–Trinajstić information content (AvgIpc) is 3.21. The lowest BCUT2D eigenvalue weighted by atomic mass is 9.86. The maximum absolute atomic E-state index is 15.0. The van der Waals surface area contributed by atoms with E-state index < -0.39 is 24.0 Å². The predicted molar refractivity (Wildman–Crippen MR) is 211 cm³/mol. The molecule has 2 bridgehead atoms. The van der Waals surface area contributed by atoms with Crippen LogP contribution in [0.5, 0.6) is 11.5 Å². The summed E-state index contributed by atoms with van der Waals surface area (Å²) in [6.45, 7) is 2.85. The van der Waals surface area contributed by atoms with E-state index in [2.05, 4.69) is 4.90 Å². The monoisotopic (exact) mass is 799 g/mol. The summed E-state index contributed by atoms with van der Waals surface area (Å²) in [6, 6.07) is 25.9. The Morgan fingerprint density at radius 2 is 1.54 bits per heavy atom. The maximum atomic E-state index is 15.0. The molecule has 0 radical (unpaired) electrons. The Kier molecular flexibility index (Phi) is 11.9. The molecule has 10 nitrogen and oxygen atoms in total. The van der Waals surface area contributed by atoms with Gasteiger partial charge in [-0.1, -0.05) is 77.8 Å². The van der Waals surface area contributed by atoms with Gasteiger partial charge in [-0.2, -0.15) is 4.73 Å². The van der Waals surface area contributed by atoms with Crippen LogP contribution in [-0.2, 0) is 22.4 Å². The predicted octanol–water partition coefficient (Wildman–Crippen LogP) is 8.83. The second-order valence-corrected chi connectivity index (χ2v) is 14.7. The normalized spacial score (nSPS) is 17.8. The van der Waals surface area contributed by atoms with E-state index in [0.29, 0.717) is 45.4 Å². The van der Waals surface area contributed by atoms with Gasteiger partial charge in [-0.05, 0) is 90.5 Å². The molecule has 3 saturated heterocycles. The number of carbonyl (C=O) groups is 2. The molecule has 2 atom stereocenters. The Hall–Kier alpha value is -5.36. The summed E-state index contributed by atoms with van der Waals surface area (Å²) < 4.78 is 38.5. The Morgan fingerprint density at radius 1 is 0.893 bits per heavy atom. The largest absolute Gasteiger partial charge is 0.619 e. The Bertz CT molecular complexity index is 2170. The number of aromatic nitrogens is 1. The number of piperidine rings is 3. The van der Waals surface area contributed by atoms with Crippen LogP contribution in [0.3, 0.4) is 0 Å². The quantitative estimate of drug-likeness (QED) is 0.0701. The SMILES string of the molecule is COc1ccc(C(Cc2c(Cl)c[n+]([O-])cc2Cl)OC(=O)c2ccc(-c3ccc(CN(C(=O)O[C@H]4CN5CCC4CC5)c4ccccc4F)cc3)cc2)cc1OC. The smallest absolute Gasteiger partial charge is 0.415 e. The first-order chi connectivity index (χ1) is 27.1. The standard InChI is InChI=1S/C43H40Cl2FN3O7/c1-53-38-16-15-32(21-40(38)54-2)39(22-33-34(44)24-48(52)25-35(33)45)55-42(50)31-13-11-29(12-14-31)28-9-7-27(8-10-28)23-49(37-6-4-3-5-36(37)46)43(51)56-41-26-47-19-17-30(41)18-20-47/h3-16,21,24-25,30,39,41H,17-20,22-23,26H2,1-2H3/t39?,41-/m0/s1. The number of amides is 1. The second-order valence-electron chi connectivity index (χ2n) is 13.9. The number of halogens is 3. The van der Waals surface area contributed by atoms with Crippen molar-refractivity contribution in [2.45, 2.75) is 38.0 Å². The summed E-state index contributed by atoms with van der Waals surface area (Å²) in [5, 5.41) is 12.2. The van der Waals surface area contributed by atoms with E-state index >= 15 is 4.39 Å². The topological polar surface area (TPSA) is 104 Å². The highest BCUT2D eigenvalue weighted by molar-refractivity contribution is 6.35. The molecule has 0 aliphatic carbocycles. The molecule has 4 heterocycles. The third-order valence-electron chi connectivity index (χ3n) is 10.4. The molecular weight excluding hydrogens is 760 g/mol. The minimum atomic E-state index is -0.858. The van der Waals surface area contributed by atoms with Crippen molar-refractivity contribution in [2.75, 3.05) is 38.8 Å². The fraction of sp³-hybridized carbons (Fsp3) is 0.279. The summed E-state index contributed by atoms with van der Waals surface area (Å²) in [6.07, 6.45) is 2.79. The van der Waals surface area contributed by atoms with Gasteiger partial charge in [0.1, 0.15) is 28.1 Å². The van der Waals surface area contributed by atoms with Crippen molar-refractivity contribution in [3.63, 3.8) is 0 Å². The highest BCUT2D eigenvalue weighted by Gasteiger charge is 2.38. The van der Waals surface area contributed by atoms with Crippen molar-refractivity contribution in [2.24, 2.45) is 5.92 Å². The number of ether oxygens (including phenoxy) is 4. The van der Waals surface area contributed by atoms with Crippen molar-refractivity contribution in [3.05, 3.63) is 147 Å². The summed E-state index contributed by atoms with van der Waals surface area (Å²) >= 11 is 12.8. The molecule has 3 aliphatic heterocycles. The molecule has 3 aliphatic rings. The molecule has 1 aromatic heterocycles. The third kappa shape index (κ3) is 8.70. The fourth-order valence-electron chi connectivity index (χ4n) is 7.33. The highest BCUT2D eigenvalue weighted by atomic mass is 35.5. The number of hydrogen-bond donors (Lipinski definition) is 0. The minimum Gasteiger partial charge on any atom is -0.619 e. The van der Waals surface area contributed by atoms with Crippen LogP contribution in [0, 0.1) is 16.9 Å². The van der Waals surface area contributed by atoms with Gasteiger partial charge in [0, 0.05) is 18.5 Å². The van der Waals surface area contributed by atoms with Crippen LogP contribution < -0.4 is 19.1 Å². The lowest BCUT2D eigenvalue weighted by Gasteiger charge is -2.44. The van der Waals surface area contributed by atoms with E-state index in [1.165, 1.54) is 37.6 Å². The Labute approximate surface area is 334 Å². The number of nitrogens with zero attached hydrogens (tertiary/aromatic N) is 3. The zero-order valence-corrected chi connectivity index (χ0v) is 32.3. The lowest BCUT2D eigenvalue weighted by Crippen LogP contribution is -2.53. The van der Waals surface area contributed by atoms with Crippen LogP contribution in [0.1, 0.15) is 46.0 Å². The third-order valence-corrected chi connectivity index (χ3v) is 11.1. The number of carbonyl (C=O) groups excluding carboxylic acids is 2. The molecular formula is C43H40Cl2FN3O7. The van der Waals surface area contributed by atoms with Crippen molar-refractivity contribution < 1.29 is 37.7 Å². The summed E-state index contributed by atoms with van der Waals surface area (Å²) in [4.78, 5) is 30.9. The lowest BCUT2D eigenvalue weighted by molar-refractivity contribution is -0.605. The summed E-state index contributed by atoms with van der Waals surface area (Å²) in [7, 11) is 3.03. The minimum absolute atomic E-state index is 0.0793. The van der Waals surface area contributed by atoms with E-state index in [-0.39, 0.29) is 34.8 Å². The van der Waals surface area contributed by atoms with Crippen molar-refractivity contribution >= 4 is 41.0 Å². The van der Waals surface area contributed by atoms with Gasteiger partial charge < -0.3 is 24.2 Å². The van der Waals surface area contributed by atoms with Gasteiger partial charge in [0.2, 0.25) is 0 Å². The molecule has 56 heavy (non-hydrogen) atoms. The van der Waals surface area contributed by atoms with E-state index in [1.54, 1.807) is 48.5 Å². The van der Waals surface area contributed by atoms with Crippen LogP contribution in [0.15, 0.2) is 103 Å². The van der Waals surface area contributed by atoms with Crippen LogP contribution in [0.2, 0.25) is 10.0 Å². The number of methoxy groups -OCH3 is 2. The molecule has 0 saturated carbocycles. The first kappa shape index (κ1) is 38.9. The fourth-order valence-corrected chi connectivity index (χ4v) is 7.93. The van der Waals surface area contributed by atoms with Gasteiger partial charge in [-0.15, -0.1) is 0 Å². The zero-order chi connectivity index (χ0) is 39.3. The molecule has 0 N–H and O–H groups in total. The van der Waals surface area contributed by atoms with Crippen LogP contribution >= 0.6 is 23.2 Å². The number of esters is 1. The number of pyridine rings is 1. The number of fused-ring (bicyclic) bond motifs is 3. The molecule has 1 amide bonds. The molecule has 8 rings (SSSR count). The summed E-state index contributed by atoms with van der Waals surface area (Å²) in [5.74, 6) is 0.158. The van der Waals surface area contributed by atoms with Crippen LogP contribution in [-0.4, -0.2) is 56.9 Å². The van der Waals surface area contributed by atoms with Gasteiger partial charge >= 0.3 is 12.1 Å². The van der Waals surface area contributed by atoms with Gasteiger partial charge in [-0.3, -0.25) is 9.80 Å². The highest BCUT2D eigenvalue weighted by Crippen LogP contribution is 2.36.